The lowest BCUT2D eigenvalue weighted by Gasteiger charge is -2.27. The zero-order valence-electron chi connectivity index (χ0n) is 16.4. The van der Waals surface area contributed by atoms with E-state index >= 15 is 0 Å². The van der Waals surface area contributed by atoms with Crippen LogP contribution in [0.3, 0.4) is 0 Å². The highest BCUT2D eigenvalue weighted by molar-refractivity contribution is 6.32. The summed E-state index contributed by atoms with van der Waals surface area (Å²) in [7, 11) is 4.04. The summed E-state index contributed by atoms with van der Waals surface area (Å²) in [6.07, 6.45) is 10.3. The van der Waals surface area contributed by atoms with E-state index in [0.29, 0.717) is 16.8 Å². The molecule has 2 aromatic rings. The molecule has 0 spiro atoms. The second-order valence-corrected chi connectivity index (χ2v) is 8.26. The molecule has 4 N–H and O–H groups in total. The summed E-state index contributed by atoms with van der Waals surface area (Å²) in [5, 5.41) is 11.2. The Bertz CT molecular complexity index is 927. The van der Waals surface area contributed by atoms with Gasteiger partial charge in [0.25, 0.3) is 0 Å². The largest absolute Gasteiger partial charge is 0.369 e. The van der Waals surface area contributed by atoms with Gasteiger partial charge in [-0.25, -0.2) is 4.98 Å². The van der Waals surface area contributed by atoms with E-state index in [2.05, 4.69) is 42.8 Å². The van der Waals surface area contributed by atoms with E-state index in [1.807, 2.05) is 25.0 Å². The molecule has 4 rings (SSSR count). The van der Waals surface area contributed by atoms with Gasteiger partial charge in [0.15, 0.2) is 5.82 Å². The molecule has 1 amide bonds. The minimum atomic E-state index is -0.298. The first-order valence-electron chi connectivity index (χ1n) is 9.61. The van der Waals surface area contributed by atoms with Crippen molar-refractivity contribution in [1.82, 2.24) is 24.6 Å². The maximum Gasteiger partial charge on any atom is 0.229 e. The number of amides is 1. The zero-order chi connectivity index (χ0) is 20.5. The lowest BCUT2D eigenvalue weighted by Crippen LogP contribution is -2.41. The van der Waals surface area contributed by atoms with Crippen molar-refractivity contribution >= 4 is 35.0 Å². The number of hydrogen-bond donors (Lipinski definition) is 3. The smallest absolute Gasteiger partial charge is 0.229 e. The third-order valence-electron chi connectivity index (χ3n) is 5.50. The van der Waals surface area contributed by atoms with Crippen LogP contribution in [0.4, 0.5) is 17.5 Å². The molecule has 0 saturated heterocycles. The number of likely N-dealkylation sites (N-methyl/N-ethyl adjacent to an activating group) is 1. The number of carbonyl (C=O) groups excluding carboxylic acids is 1. The van der Waals surface area contributed by atoms with Crippen LogP contribution in [0, 0.1) is 17.8 Å². The van der Waals surface area contributed by atoms with Gasteiger partial charge < -0.3 is 21.3 Å². The van der Waals surface area contributed by atoms with Crippen LogP contribution in [-0.2, 0) is 11.3 Å². The van der Waals surface area contributed by atoms with E-state index in [1.165, 1.54) is 6.20 Å². The standard InChI is InChI=1S/C19H25ClN8O/c1-27(2)5-6-28-10-13(8-23-28)24-19-22-9-14(20)18(26-19)25-16-12-4-3-11(7-12)15(16)17(21)29/h3-4,8-12,15-16H,5-7H2,1-2H3,(H2,21,29)(H2,22,24,25,26)/t11-,12+,15+,16-/m1/s1. The van der Waals surface area contributed by atoms with E-state index in [1.54, 1.807) is 6.20 Å². The van der Waals surface area contributed by atoms with Crippen LogP contribution in [0.2, 0.25) is 5.02 Å². The molecule has 0 unspecified atom stereocenters. The first-order valence-corrected chi connectivity index (χ1v) is 9.99. The molecule has 0 aromatic carbocycles. The van der Waals surface area contributed by atoms with Crippen LogP contribution >= 0.6 is 11.6 Å². The molecular weight excluding hydrogens is 392 g/mol. The molecular formula is C19H25ClN8O. The Hall–Kier alpha value is -2.65. The molecule has 0 aliphatic heterocycles. The van der Waals surface area contributed by atoms with Crippen molar-refractivity contribution in [1.29, 1.82) is 0 Å². The Balaban J connectivity index is 1.47. The molecule has 2 aliphatic carbocycles. The van der Waals surface area contributed by atoms with Crippen molar-refractivity contribution in [3.63, 3.8) is 0 Å². The van der Waals surface area contributed by atoms with Crippen molar-refractivity contribution in [2.24, 2.45) is 23.5 Å². The number of aromatic nitrogens is 4. The third kappa shape index (κ3) is 4.20. The van der Waals surface area contributed by atoms with Gasteiger partial charge in [0.1, 0.15) is 5.02 Å². The van der Waals surface area contributed by atoms with Gasteiger partial charge in [-0.05, 0) is 32.4 Å². The summed E-state index contributed by atoms with van der Waals surface area (Å²) in [5.41, 5.74) is 6.43. The van der Waals surface area contributed by atoms with E-state index in [0.717, 1.165) is 25.2 Å². The van der Waals surface area contributed by atoms with Gasteiger partial charge in [-0.2, -0.15) is 10.1 Å². The van der Waals surface area contributed by atoms with Gasteiger partial charge in [-0.15, -0.1) is 0 Å². The molecule has 2 heterocycles. The van der Waals surface area contributed by atoms with Crippen LogP contribution < -0.4 is 16.4 Å². The first kappa shape index (κ1) is 19.7. The number of carbonyl (C=O) groups is 1. The molecule has 29 heavy (non-hydrogen) atoms. The Morgan fingerprint density at radius 2 is 2.14 bits per heavy atom. The fourth-order valence-corrected chi connectivity index (χ4v) is 4.22. The second-order valence-electron chi connectivity index (χ2n) is 7.86. The number of hydrogen-bond acceptors (Lipinski definition) is 7. The van der Waals surface area contributed by atoms with Crippen LogP contribution in [-0.4, -0.2) is 57.2 Å². The summed E-state index contributed by atoms with van der Waals surface area (Å²) in [4.78, 5) is 22.8. The molecule has 9 nitrogen and oxygen atoms in total. The average molecular weight is 417 g/mol. The van der Waals surface area contributed by atoms with Crippen molar-refractivity contribution in [3.05, 3.63) is 35.8 Å². The fraction of sp³-hybridized carbons (Fsp3) is 0.474. The monoisotopic (exact) mass is 416 g/mol. The first-order chi connectivity index (χ1) is 13.9. The number of anilines is 3. The van der Waals surface area contributed by atoms with Crippen molar-refractivity contribution in [2.45, 2.75) is 19.0 Å². The van der Waals surface area contributed by atoms with Crippen molar-refractivity contribution in [2.75, 3.05) is 31.3 Å². The third-order valence-corrected chi connectivity index (χ3v) is 5.78. The van der Waals surface area contributed by atoms with Gasteiger partial charge >= 0.3 is 0 Å². The minimum Gasteiger partial charge on any atom is -0.369 e. The van der Waals surface area contributed by atoms with Gasteiger partial charge in [-0.1, -0.05) is 23.8 Å². The maximum atomic E-state index is 11.9. The fourth-order valence-electron chi connectivity index (χ4n) is 4.08. The van der Waals surface area contributed by atoms with Gasteiger partial charge in [0, 0.05) is 18.8 Å². The molecule has 10 heteroatoms. The topological polar surface area (TPSA) is 114 Å². The Morgan fingerprint density at radius 3 is 2.90 bits per heavy atom. The number of halogens is 1. The number of nitrogens with one attached hydrogen (secondary N) is 2. The number of nitrogens with two attached hydrogens (primary N) is 1. The van der Waals surface area contributed by atoms with Crippen LogP contribution in [0.1, 0.15) is 6.42 Å². The molecule has 2 aromatic heterocycles. The zero-order valence-corrected chi connectivity index (χ0v) is 17.2. The van der Waals surface area contributed by atoms with Gasteiger partial charge in [0.2, 0.25) is 11.9 Å². The van der Waals surface area contributed by atoms with Crippen molar-refractivity contribution in [3.8, 4) is 0 Å². The highest BCUT2D eigenvalue weighted by Gasteiger charge is 2.47. The number of allylic oxidation sites excluding steroid dienone is 1. The number of fused-ring (bicyclic) bond motifs is 2. The number of nitrogens with zero attached hydrogens (tertiary/aromatic N) is 5. The lowest BCUT2D eigenvalue weighted by molar-refractivity contribution is -0.122. The van der Waals surface area contributed by atoms with Gasteiger partial charge in [0.05, 0.1) is 30.5 Å². The molecule has 0 radical (unpaired) electrons. The number of primary amides is 1. The summed E-state index contributed by atoms with van der Waals surface area (Å²) >= 11 is 6.31. The summed E-state index contributed by atoms with van der Waals surface area (Å²) in [6, 6.07) is -0.114. The van der Waals surface area contributed by atoms with Crippen LogP contribution in [0.5, 0.6) is 0 Å². The number of rotatable bonds is 8. The molecule has 1 saturated carbocycles. The van der Waals surface area contributed by atoms with Crippen molar-refractivity contribution < 1.29 is 4.79 Å². The normalized spacial score (nSPS) is 25.0. The average Bonchev–Trinajstić information content (AvgIpc) is 3.39. The minimum absolute atomic E-state index is 0.114. The Labute approximate surface area is 174 Å². The predicted molar refractivity (Wildman–Crippen MR) is 112 cm³/mol. The summed E-state index contributed by atoms with van der Waals surface area (Å²) in [5.74, 6) is 0.756. The molecule has 2 bridgehead atoms. The predicted octanol–water partition coefficient (Wildman–Crippen LogP) is 1.72. The van der Waals surface area contributed by atoms with Gasteiger partial charge in [-0.3, -0.25) is 9.48 Å². The molecule has 1 fully saturated rings. The maximum absolute atomic E-state index is 11.9. The summed E-state index contributed by atoms with van der Waals surface area (Å²) < 4.78 is 1.86. The highest BCUT2D eigenvalue weighted by atomic mass is 35.5. The Kier molecular flexibility index (Phi) is 5.42. The van der Waals surface area contributed by atoms with E-state index in [9.17, 15) is 4.79 Å². The van der Waals surface area contributed by atoms with Crippen LogP contribution in [0.25, 0.3) is 0 Å². The quantitative estimate of drug-likeness (QED) is 0.561. The van der Waals surface area contributed by atoms with E-state index < -0.39 is 0 Å². The summed E-state index contributed by atoms with van der Waals surface area (Å²) in [6.45, 7) is 1.68. The van der Waals surface area contributed by atoms with E-state index in [4.69, 9.17) is 17.3 Å². The second kappa shape index (κ2) is 8.00. The van der Waals surface area contributed by atoms with Crippen LogP contribution in [0.15, 0.2) is 30.7 Å². The molecule has 154 valence electrons. The van der Waals surface area contributed by atoms with E-state index in [-0.39, 0.29) is 29.7 Å². The SMILES string of the molecule is CN(C)CCn1cc(Nc2ncc(Cl)c(N[C@H]3[C@@H](C(N)=O)[C@@H]4C=C[C@H]3C4)n2)cn1. The lowest BCUT2D eigenvalue weighted by atomic mass is 9.88. The Morgan fingerprint density at radius 1 is 1.34 bits per heavy atom. The molecule has 4 atom stereocenters. The highest BCUT2D eigenvalue weighted by Crippen LogP contribution is 2.45. The molecule has 2 aliphatic rings.